The number of thioether (sulfide) groups is 1. The lowest BCUT2D eigenvalue weighted by Gasteiger charge is -2.22. The van der Waals surface area contributed by atoms with E-state index in [1.807, 2.05) is 20.8 Å². The summed E-state index contributed by atoms with van der Waals surface area (Å²) in [5.74, 6) is 1.25. The summed E-state index contributed by atoms with van der Waals surface area (Å²) in [4.78, 5) is 26.6. The summed E-state index contributed by atoms with van der Waals surface area (Å²) in [6.07, 6.45) is 5.27. The number of hydrogen-bond donors (Lipinski definition) is 1. The van der Waals surface area contributed by atoms with Crippen molar-refractivity contribution in [2.24, 2.45) is 5.92 Å². The maximum absolute atomic E-state index is 12.6. The van der Waals surface area contributed by atoms with Gasteiger partial charge in [0.1, 0.15) is 11.2 Å². The predicted molar refractivity (Wildman–Crippen MR) is 112 cm³/mol. The molecule has 1 aromatic rings. The van der Waals surface area contributed by atoms with Crippen molar-refractivity contribution in [1.29, 1.82) is 0 Å². The summed E-state index contributed by atoms with van der Waals surface area (Å²) in [5, 5.41) is 7.91. The van der Waals surface area contributed by atoms with Crippen LogP contribution in [0.25, 0.3) is 6.08 Å². The van der Waals surface area contributed by atoms with Crippen molar-refractivity contribution in [2.75, 3.05) is 18.2 Å². The molecule has 0 spiro atoms. The molecule has 2 heterocycles. The van der Waals surface area contributed by atoms with Gasteiger partial charge in [-0.3, -0.25) is 14.3 Å². The quantitative estimate of drug-likeness (QED) is 0.665. The predicted octanol–water partition coefficient (Wildman–Crippen LogP) is 3.33. The van der Waals surface area contributed by atoms with Gasteiger partial charge >= 0.3 is 0 Å². The second kappa shape index (κ2) is 10.2. The van der Waals surface area contributed by atoms with E-state index in [-0.39, 0.29) is 11.8 Å². The number of unbranched alkanes of at least 4 members (excludes halogenated alkanes) is 1. The summed E-state index contributed by atoms with van der Waals surface area (Å²) < 4.78 is 1.78. The molecule has 1 N–H and O–H groups in total. The SMILES string of the molecule is CCCCn1nc(C)c(C=CC(=O)N2CSCC2C(=O)NCC(C)C)c1Cl. The summed E-state index contributed by atoms with van der Waals surface area (Å²) >= 11 is 8.00. The third kappa shape index (κ3) is 5.75. The highest BCUT2D eigenvalue weighted by Crippen LogP contribution is 2.24. The molecule has 1 unspecified atom stereocenters. The first kappa shape index (κ1) is 21.8. The van der Waals surface area contributed by atoms with Crippen molar-refractivity contribution in [3.05, 3.63) is 22.5 Å². The summed E-state index contributed by atoms with van der Waals surface area (Å²) in [6, 6.07) is -0.422. The number of aromatic nitrogens is 2. The van der Waals surface area contributed by atoms with Gasteiger partial charge in [-0.05, 0) is 25.3 Å². The second-order valence-corrected chi connectivity index (χ2v) is 8.52. The van der Waals surface area contributed by atoms with Crippen molar-refractivity contribution in [3.8, 4) is 0 Å². The van der Waals surface area contributed by atoms with Gasteiger partial charge in [0.25, 0.3) is 0 Å². The maximum Gasteiger partial charge on any atom is 0.247 e. The van der Waals surface area contributed by atoms with E-state index >= 15 is 0 Å². The van der Waals surface area contributed by atoms with Crippen LogP contribution in [0.2, 0.25) is 5.15 Å². The number of aryl methyl sites for hydroxylation is 2. The van der Waals surface area contributed by atoms with Crippen molar-refractivity contribution in [3.63, 3.8) is 0 Å². The van der Waals surface area contributed by atoms with Crippen LogP contribution in [-0.2, 0) is 16.1 Å². The first-order valence-electron chi connectivity index (χ1n) is 9.42. The van der Waals surface area contributed by atoms with Gasteiger partial charge in [-0.15, -0.1) is 11.8 Å². The number of hydrogen-bond acceptors (Lipinski definition) is 4. The number of amides is 2. The Hall–Kier alpha value is -1.47. The Balaban J connectivity index is 2.05. The Morgan fingerprint density at radius 2 is 2.19 bits per heavy atom. The molecular formula is C19H29ClN4O2S. The van der Waals surface area contributed by atoms with Gasteiger partial charge in [0.15, 0.2) is 0 Å². The molecule has 0 aromatic carbocycles. The van der Waals surface area contributed by atoms with Crippen molar-refractivity contribution >= 4 is 41.3 Å². The molecule has 1 aliphatic rings. The van der Waals surface area contributed by atoms with Gasteiger partial charge in [-0.25, -0.2) is 0 Å². The highest BCUT2D eigenvalue weighted by molar-refractivity contribution is 7.99. The fourth-order valence-corrected chi connectivity index (χ4v) is 4.25. The van der Waals surface area contributed by atoms with Crippen LogP contribution in [0.3, 0.4) is 0 Å². The lowest BCUT2D eigenvalue weighted by molar-refractivity contribution is -0.134. The van der Waals surface area contributed by atoms with Gasteiger partial charge in [-0.2, -0.15) is 5.10 Å². The van der Waals surface area contributed by atoms with E-state index in [1.165, 1.54) is 6.08 Å². The lowest BCUT2D eigenvalue weighted by Crippen LogP contribution is -2.47. The molecule has 27 heavy (non-hydrogen) atoms. The zero-order valence-electron chi connectivity index (χ0n) is 16.5. The Morgan fingerprint density at radius 1 is 1.44 bits per heavy atom. The van der Waals surface area contributed by atoms with Gasteiger partial charge < -0.3 is 10.2 Å². The number of carbonyl (C=O) groups excluding carboxylic acids is 2. The largest absolute Gasteiger partial charge is 0.354 e. The van der Waals surface area contributed by atoms with Crippen LogP contribution in [-0.4, -0.2) is 50.7 Å². The average Bonchev–Trinajstić information content (AvgIpc) is 3.21. The fourth-order valence-electron chi connectivity index (χ4n) is 2.76. The minimum absolute atomic E-state index is 0.0861. The topological polar surface area (TPSA) is 67.2 Å². The number of nitrogens with one attached hydrogen (secondary N) is 1. The van der Waals surface area contributed by atoms with E-state index in [9.17, 15) is 9.59 Å². The Bertz CT molecular complexity index is 702. The van der Waals surface area contributed by atoms with E-state index in [0.29, 0.717) is 29.2 Å². The summed E-state index contributed by atoms with van der Waals surface area (Å²) in [7, 11) is 0. The zero-order valence-corrected chi connectivity index (χ0v) is 18.1. The molecule has 8 heteroatoms. The standard InChI is InChI=1S/C19H29ClN4O2S/c1-5-6-9-24-18(20)15(14(4)22-24)7-8-17(25)23-12-27-11-16(23)19(26)21-10-13(2)3/h7-8,13,16H,5-6,9-12H2,1-4H3,(H,21,26). The van der Waals surface area contributed by atoms with E-state index in [1.54, 1.807) is 27.4 Å². The normalized spacial score (nSPS) is 17.3. The number of halogens is 1. The minimum Gasteiger partial charge on any atom is -0.354 e. The van der Waals surface area contributed by atoms with Crippen LogP contribution in [0.5, 0.6) is 0 Å². The van der Waals surface area contributed by atoms with E-state index in [0.717, 1.165) is 30.6 Å². The average molecular weight is 413 g/mol. The molecule has 0 saturated carbocycles. The van der Waals surface area contributed by atoms with Crippen LogP contribution in [0.4, 0.5) is 0 Å². The van der Waals surface area contributed by atoms with E-state index < -0.39 is 6.04 Å². The van der Waals surface area contributed by atoms with Crippen LogP contribution >= 0.6 is 23.4 Å². The Morgan fingerprint density at radius 3 is 2.85 bits per heavy atom. The summed E-state index contributed by atoms with van der Waals surface area (Å²) in [5.41, 5.74) is 1.55. The number of nitrogens with zero attached hydrogens (tertiary/aromatic N) is 3. The van der Waals surface area contributed by atoms with Crippen molar-refractivity contribution in [1.82, 2.24) is 20.0 Å². The minimum atomic E-state index is -0.422. The fraction of sp³-hybridized carbons (Fsp3) is 0.632. The van der Waals surface area contributed by atoms with Gasteiger partial charge in [0.05, 0.1) is 11.6 Å². The van der Waals surface area contributed by atoms with Crippen LogP contribution in [0.15, 0.2) is 6.08 Å². The maximum atomic E-state index is 12.6. The molecule has 1 aromatic heterocycles. The van der Waals surface area contributed by atoms with Crippen LogP contribution in [0.1, 0.15) is 44.9 Å². The third-order valence-corrected chi connectivity index (χ3v) is 5.79. The molecule has 6 nitrogen and oxygen atoms in total. The molecule has 1 atom stereocenters. The molecule has 150 valence electrons. The Kier molecular flexibility index (Phi) is 8.23. The van der Waals surface area contributed by atoms with E-state index in [4.69, 9.17) is 11.6 Å². The molecule has 2 amide bonds. The second-order valence-electron chi connectivity index (χ2n) is 7.16. The monoisotopic (exact) mass is 412 g/mol. The molecule has 1 fully saturated rings. The van der Waals surface area contributed by atoms with Gasteiger partial charge in [0.2, 0.25) is 11.8 Å². The van der Waals surface area contributed by atoms with Gasteiger partial charge in [-0.1, -0.05) is 38.8 Å². The first-order chi connectivity index (χ1) is 12.8. The third-order valence-electron chi connectivity index (χ3n) is 4.38. The first-order valence-corrected chi connectivity index (χ1v) is 10.9. The van der Waals surface area contributed by atoms with Crippen LogP contribution < -0.4 is 5.32 Å². The molecule has 0 radical (unpaired) electrons. The number of carbonyl (C=O) groups is 2. The highest BCUT2D eigenvalue weighted by atomic mass is 35.5. The van der Waals surface area contributed by atoms with Crippen molar-refractivity contribution in [2.45, 2.75) is 53.1 Å². The molecule has 2 rings (SSSR count). The van der Waals surface area contributed by atoms with Gasteiger partial charge in [0, 0.05) is 30.5 Å². The molecule has 1 saturated heterocycles. The highest BCUT2D eigenvalue weighted by Gasteiger charge is 2.33. The Labute approximate surface area is 170 Å². The molecular weight excluding hydrogens is 384 g/mol. The van der Waals surface area contributed by atoms with E-state index in [2.05, 4.69) is 17.3 Å². The molecule has 0 aliphatic carbocycles. The lowest BCUT2D eigenvalue weighted by atomic mass is 10.2. The van der Waals surface area contributed by atoms with Crippen molar-refractivity contribution < 1.29 is 9.59 Å². The zero-order chi connectivity index (χ0) is 20.0. The summed E-state index contributed by atoms with van der Waals surface area (Å²) in [6.45, 7) is 9.46. The smallest absolute Gasteiger partial charge is 0.247 e. The molecule has 1 aliphatic heterocycles. The number of rotatable bonds is 8. The molecule has 0 bridgehead atoms. The van der Waals surface area contributed by atoms with Crippen LogP contribution in [0, 0.1) is 12.8 Å².